The van der Waals surface area contributed by atoms with E-state index < -0.39 is 23.5 Å². The highest BCUT2D eigenvalue weighted by Gasteiger charge is 2.53. The molecule has 3 aromatic carbocycles. The van der Waals surface area contributed by atoms with Crippen molar-refractivity contribution in [2.24, 2.45) is 10.9 Å². The van der Waals surface area contributed by atoms with Gasteiger partial charge in [0.25, 0.3) is 5.91 Å². The summed E-state index contributed by atoms with van der Waals surface area (Å²) in [5.41, 5.74) is 7.63. The van der Waals surface area contributed by atoms with E-state index in [0.29, 0.717) is 23.4 Å². The highest BCUT2D eigenvalue weighted by atomic mass is 16.7. The molecule has 3 aromatic rings. The Hall–Kier alpha value is -5.05. The van der Waals surface area contributed by atoms with E-state index in [0.717, 1.165) is 5.56 Å². The molecule has 0 aliphatic carbocycles. The number of carbonyl (C=O) groups excluding carboxylic acids is 4. The molecule has 1 saturated heterocycles. The number of benzene rings is 3. The van der Waals surface area contributed by atoms with Gasteiger partial charge >= 0.3 is 0 Å². The molecule has 1 fully saturated rings. The summed E-state index contributed by atoms with van der Waals surface area (Å²) in [5.74, 6) is -1.69. The Morgan fingerprint density at radius 2 is 1.73 bits per heavy atom. The molecular formula is C31H28N4O5. The molecule has 2 atom stereocenters. The molecule has 5 rings (SSSR count). The number of amides is 3. The third kappa shape index (κ3) is 5.26. The van der Waals surface area contributed by atoms with Crippen LogP contribution >= 0.6 is 0 Å². The number of rotatable bonds is 7. The summed E-state index contributed by atoms with van der Waals surface area (Å²) in [6.45, 7) is 1.83. The maximum atomic E-state index is 13.8. The van der Waals surface area contributed by atoms with Gasteiger partial charge in [-0.3, -0.25) is 19.2 Å². The lowest BCUT2D eigenvalue weighted by Gasteiger charge is -2.24. The van der Waals surface area contributed by atoms with Gasteiger partial charge in [0, 0.05) is 35.2 Å². The molecule has 3 amide bonds. The van der Waals surface area contributed by atoms with Crippen molar-refractivity contribution in [3.8, 4) is 0 Å². The van der Waals surface area contributed by atoms with Gasteiger partial charge in [-0.05, 0) is 31.2 Å². The maximum absolute atomic E-state index is 13.8. The van der Waals surface area contributed by atoms with Gasteiger partial charge in [-0.15, -0.1) is 0 Å². The zero-order chi connectivity index (χ0) is 28.3. The van der Waals surface area contributed by atoms with Gasteiger partial charge in [0.2, 0.25) is 11.8 Å². The van der Waals surface area contributed by atoms with E-state index in [1.165, 1.54) is 11.0 Å². The number of primary amides is 1. The Morgan fingerprint density at radius 3 is 2.45 bits per heavy atom. The second kappa shape index (κ2) is 11.0. The summed E-state index contributed by atoms with van der Waals surface area (Å²) >= 11 is 0. The van der Waals surface area contributed by atoms with Gasteiger partial charge < -0.3 is 20.8 Å². The number of carbonyl (C=O) groups is 4. The van der Waals surface area contributed by atoms with Crippen molar-refractivity contribution in [2.75, 3.05) is 11.9 Å². The number of ketones is 1. The Kier molecular flexibility index (Phi) is 7.29. The minimum atomic E-state index is -0.951. The van der Waals surface area contributed by atoms with Gasteiger partial charge in [0.1, 0.15) is 6.04 Å². The monoisotopic (exact) mass is 536 g/mol. The first-order chi connectivity index (χ1) is 19.3. The van der Waals surface area contributed by atoms with Crippen LogP contribution < -0.4 is 11.1 Å². The minimum Gasteiger partial charge on any atom is -0.387 e. The molecule has 40 heavy (non-hydrogen) atoms. The molecule has 3 N–H and O–H groups in total. The van der Waals surface area contributed by atoms with Crippen LogP contribution in [0.15, 0.2) is 96.2 Å². The van der Waals surface area contributed by atoms with Gasteiger partial charge in [-0.2, -0.15) is 0 Å². The van der Waals surface area contributed by atoms with Crippen LogP contribution in [0.2, 0.25) is 0 Å². The summed E-state index contributed by atoms with van der Waals surface area (Å²) in [7, 11) is 0. The number of nitrogens with two attached hydrogens (primary N) is 1. The molecule has 9 nitrogen and oxygen atoms in total. The second-order valence-corrected chi connectivity index (χ2v) is 9.86. The standard InChI is InChI=1S/C31H28N4O5/c1-2-9-27(36)33-22-13-8-12-21(16-22)25-17-31(40-34-25)18-26(29(32)38)35(19-31)30(39)24-15-7-6-14-23(24)28(37)20-10-4-3-5-11-20/h2-16,26H,17-19H2,1H3,(H2,32,38)(H,33,36)/b9-2+/t26-,31?/m1/s1. The average Bonchev–Trinajstić information content (AvgIpc) is 3.57. The van der Waals surface area contributed by atoms with Crippen LogP contribution in [0.4, 0.5) is 5.69 Å². The first kappa shape index (κ1) is 26.6. The molecule has 1 spiro atoms. The fourth-order valence-electron chi connectivity index (χ4n) is 5.16. The molecule has 202 valence electrons. The van der Waals surface area contributed by atoms with Crippen LogP contribution in [0, 0.1) is 0 Å². The molecule has 0 bridgehead atoms. The lowest BCUT2D eigenvalue weighted by Crippen LogP contribution is -2.44. The lowest BCUT2D eigenvalue weighted by molar-refractivity contribution is -0.121. The summed E-state index contributed by atoms with van der Waals surface area (Å²) in [6, 6.07) is 21.5. The van der Waals surface area contributed by atoms with E-state index in [1.807, 2.05) is 12.1 Å². The van der Waals surface area contributed by atoms with Crippen molar-refractivity contribution in [3.05, 3.63) is 113 Å². The summed E-state index contributed by atoms with van der Waals surface area (Å²) in [4.78, 5) is 58.8. The molecule has 0 aromatic heterocycles. The minimum absolute atomic E-state index is 0.0675. The fraction of sp³-hybridized carbons (Fsp3) is 0.194. The number of allylic oxidation sites excluding steroid dienone is 1. The van der Waals surface area contributed by atoms with Crippen LogP contribution in [0.25, 0.3) is 0 Å². The van der Waals surface area contributed by atoms with E-state index in [1.54, 1.807) is 79.7 Å². The van der Waals surface area contributed by atoms with Gasteiger partial charge in [0.15, 0.2) is 11.4 Å². The Bertz CT molecular complexity index is 1550. The predicted octanol–water partition coefficient (Wildman–Crippen LogP) is 3.70. The number of nitrogens with zero attached hydrogens (tertiary/aromatic N) is 2. The number of hydrogen-bond donors (Lipinski definition) is 2. The predicted molar refractivity (Wildman–Crippen MR) is 150 cm³/mol. The van der Waals surface area contributed by atoms with E-state index in [4.69, 9.17) is 10.6 Å². The molecule has 0 saturated carbocycles. The molecule has 2 aliphatic heterocycles. The lowest BCUT2D eigenvalue weighted by atomic mass is 9.91. The summed E-state index contributed by atoms with van der Waals surface area (Å²) < 4.78 is 0. The van der Waals surface area contributed by atoms with Crippen LogP contribution in [0.5, 0.6) is 0 Å². The van der Waals surface area contributed by atoms with Crippen molar-refractivity contribution < 1.29 is 24.0 Å². The van der Waals surface area contributed by atoms with Gasteiger partial charge in [-0.1, -0.05) is 71.9 Å². The first-order valence-corrected chi connectivity index (χ1v) is 12.9. The zero-order valence-electron chi connectivity index (χ0n) is 21.9. The van der Waals surface area contributed by atoms with Crippen LogP contribution in [-0.4, -0.2) is 52.3 Å². The SMILES string of the molecule is C/C=C/C(=O)Nc1cccc(C2=NOC3(C2)C[C@H](C(N)=O)N(C(=O)c2ccccc2C(=O)c2ccccc2)C3)c1. The molecule has 1 unspecified atom stereocenters. The average molecular weight is 537 g/mol. The van der Waals surface area contributed by atoms with Crippen molar-refractivity contribution in [1.29, 1.82) is 0 Å². The number of nitrogens with one attached hydrogen (secondary N) is 1. The quantitative estimate of drug-likeness (QED) is 0.351. The van der Waals surface area contributed by atoms with Gasteiger partial charge in [0.05, 0.1) is 17.8 Å². The van der Waals surface area contributed by atoms with Gasteiger partial charge in [-0.25, -0.2) is 0 Å². The third-order valence-corrected chi connectivity index (χ3v) is 7.05. The number of oxime groups is 1. The summed E-state index contributed by atoms with van der Waals surface area (Å²) in [6.07, 6.45) is 3.57. The largest absolute Gasteiger partial charge is 0.387 e. The zero-order valence-corrected chi connectivity index (χ0v) is 21.9. The normalized spacial score (nSPS) is 19.9. The molecule has 2 heterocycles. The van der Waals surface area contributed by atoms with Crippen LogP contribution in [-0.2, 0) is 14.4 Å². The molecular weight excluding hydrogens is 508 g/mol. The second-order valence-electron chi connectivity index (χ2n) is 9.86. The topological polar surface area (TPSA) is 131 Å². The highest BCUT2D eigenvalue weighted by Crippen LogP contribution is 2.39. The van der Waals surface area contributed by atoms with E-state index in [2.05, 4.69) is 10.5 Å². The van der Waals surface area contributed by atoms with E-state index >= 15 is 0 Å². The number of likely N-dealkylation sites (tertiary alicyclic amines) is 1. The van der Waals surface area contributed by atoms with Crippen molar-refractivity contribution in [3.63, 3.8) is 0 Å². The summed E-state index contributed by atoms with van der Waals surface area (Å²) in [5, 5.41) is 7.08. The van der Waals surface area contributed by atoms with Crippen LogP contribution in [0.1, 0.15) is 51.6 Å². The van der Waals surface area contributed by atoms with Crippen LogP contribution in [0.3, 0.4) is 0 Å². The van der Waals surface area contributed by atoms with Crippen molar-refractivity contribution >= 4 is 34.9 Å². The highest BCUT2D eigenvalue weighted by molar-refractivity contribution is 6.15. The Labute approximate surface area is 231 Å². The molecule has 9 heteroatoms. The Morgan fingerprint density at radius 1 is 1.00 bits per heavy atom. The first-order valence-electron chi connectivity index (χ1n) is 12.9. The van der Waals surface area contributed by atoms with Crippen molar-refractivity contribution in [1.82, 2.24) is 4.90 Å². The smallest absolute Gasteiger partial charge is 0.255 e. The molecule has 0 radical (unpaired) electrons. The van der Waals surface area contributed by atoms with E-state index in [-0.39, 0.29) is 35.8 Å². The molecule has 2 aliphatic rings. The number of hydrogen-bond acceptors (Lipinski definition) is 6. The Balaban J connectivity index is 1.38. The third-order valence-electron chi connectivity index (χ3n) is 7.05. The number of anilines is 1. The van der Waals surface area contributed by atoms with Crippen molar-refractivity contribution in [2.45, 2.75) is 31.4 Å². The maximum Gasteiger partial charge on any atom is 0.255 e. The van der Waals surface area contributed by atoms with E-state index in [9.17, 15) is 19.2 Å². The fourth-order valence-corrected chi connectivity index (χ4v) is 5.16.